The molecule has 0 radical (unpaired) electrons. The number of hydrogen-bond donors (Lipinski definition) is 1. The summed E-state index contributed by atoms with van der Waals surface area (Å²) in [4.78, 5) is 17.4. The van der Waals surface area contributed by atoms with Crippen LogP contribution in [0.15, 0.2) is 42.9 Å². The van der Waals surface area contributed by atoms with E-state index in [1.165, 1.54) is 23.7 Å². The molecule has 9 heteroatoms. The Kier molecular flexibility index (Phi) is 5.99. The minimum atomic E-state index is -0.275. The van der Waals surface area contributed by atoms with Crippen LogP contribution in [-0.4, -0.2) is 41.8 Å². The van der Waals surface area contributed by atoms with Gasteiger partial charge >= 0.3 is 0 Å². The van der Waals surface area contributed by atoms with Crippen LogP contribution in [0.4, 0.5) is 5.82 Å². The number of halogens is 1. The summed E-state index contributed by atoms with van der Waals surface area (Å²) >= 11 is 2.47. The van der Waals surface area contributed by atoms with Crippen molar-refractivity contribution in [3.63, 3.8) is 0 Å². The molecule has 32 heavy (non-hydrogen) atoms. The van der Waals surface area contributed by atoms with Gasteiger partial charge in [-0.15, -0.1) is 0 Å². The lowest BCUT2D eigenvalue weighted by atomic mass is 9.85. The smallest absolute Gasteiger partial charge is 0.260 e. The van der Waals surface area contributed by atoms with Crippen molar-refractivity contribution >= 4 is 50.9 Å². The predicted molar refractivity (Wildman–Crippen MR) is 132 cm³/mol. The zero-order chi connectivity index (χ0) is 22.1. The lowest BCUT2D eigenvalue weighted by Crippen LogP contribution is -2.18. The summed E-state index contributed by atoms with van der Waals surface area (Å²) in [5.74, 6) is 1.57. The van der Waals surface area contributed by atoms with Gasteiger partial charge in [0.1, 0.15) is 5.75 Å². The second kappa shape index (κ2) is 9.05. The molecule has 3 aromatic heterocycles. The number of nitrogens with zero attached hydrogens (tertiary/aromatic N) is 5. The largest absolute Gasteiger partial charge is 0.496 e. The molecule has 1 amide bonds. The van der Waals surface area contributed by atoms with Gasteiger partial charge in [0, 0.05) is 23.8 Å². The Morgan fingerprint density at radius 2 is 2.12 bits per heavy atom. The molecule has 0 bridgehead atoms. The Labute approximate surface area is 199 Å². The van der Waals surface area contributed by atoms with Crippen LogP contribution in [-0.2, 0) is 0 Å². The van der Waals surface area contributed by atoms with Gasteiger partial charge in [0.25, 0.3) is 5.91 Å². The van der Waals surface area contributed by atoms with E-state index in [0.717, 1.165) is 29.7 Å². The molecule has 1 saturated carbocycles. The van der Waals surface area contributed by atoms with Gasteiger partial charge in [0.05, 0.1) is 30.4 Å². The number of hydrogen-bond acceptors (Lipinski definition) is 5. The van der Waals surface area contributed by atoms with Crippen molar-refractivity contribution in [3.05, 3.63) is 48.4 Å². The zero-order valence-electron chi connectivity index (χ0n) is 17.9. The number of aromatic nitrogens is 5. The number of imidazole rings is 1. The number of methoxy groups -OCH3 is 1. The summed E-state index contributed by atoms with van der Waals surface area (Å²) in [6, 6.07) is 7.75. The van der Waals surface area contributed by atoms with Gasteiger partial charge < -0.3 is 10.1 Å². The van der Waals surface area contributed by atoms with Crippen LogP contribution in [0.5, 0.6) is 5.75 Å². The molecule has 5 rings (SSSR count). The summed E-state index contributed by atoms with van der Waals surface area (Å²) in [6.07, 6.45) is 11.4. The summed E-state index contributed by atoms with van der Waals surface area (Å²) in [5.41, 5.74) is 1.96. The maximum Gasteiger partial charge on any atom is 0.260 e. The molecule has 0 aliphatic heterocycles. The standard InChI is InChI=1S/C23H25IN6O2/c1-32-20-12-19-16(14-29(28-19)17-6-4-15(5-7-17)8-9-24)11-18(20)23(31)27-22-13-25-21-3-2-10-26-30(21)22/h2-3,10-15,17H,4-9H2,1H3,(H,27,31). The monoisotopic (exact) mass is 544 g/mol. The van der Waals surface area contributed by atoms with Crippen molar-refractivity contribution < 1.29 is 9.53 Å². The maximum absolute atomic E-state index is 13.1. The number of benzene rings is 1. The Bertz CT molecular complexity index is 1260. The third-order valence-electron chi connectivity index (χ3n) is 6.32. The molecule has 1 aromatic carbocycles. The van der Waals surface area contributed by atoms with Gasteiger partial charge in [0.15, 0.2) is 11.5 Å². The number of amides is 1. The molecule has 1 aliphatic rings. The first-order valence-electron chi connectivity index (χ1n) is 10.9. The van der Waals surface area contributed by atoms with E-state index >= 15 is 0 Å². The average Bonchev–Trinajstić information content (AvgIpc) is 3.42. The molecule has 3 heterocycles. The molecule has 1 N–H and O–H groups in total. The van der Waals surface area contributed by atoms with Gasteiger partial charge in [0.2, 0.25) is 0 Å². The molecular weight excluding hydrogens is 519 g/mol. The summed E-state index contributed by atoms with van der Waals surface area (Å²) in [7, 11) is 1.57. The average molecular weight is 544 g/mol. The number of anilines is 1. The fourth-order valence-electron chi connectivity index (χ4n) is 4.56. The highest BCUT2D eigenvalue weighted by Crippen LogP contribution is 2.35. The third-order valence-corrected chi connectivity index (χ3v) is 6.94. The first-order valence-corrected chi connectivity index (χ1v) is 12.4. The van der Waals surface area contributed by atoms with Crippen molar-refractivity contribution in [2.75, 3.05) is 16.9 Å². The first kappa shape index (κ1) is 21.2. The van der Waals surface area contributed by atoms with E-state index in [-0.39, 0.29) is 5.91 Å². The van der Waals surface area contributed by atoms with Crippen molar-refractivity contribution in [1.29, 1.82) is 0 Å². The van der Waals surface area contributed by atoms with Crippen molar-refractivity contribution in [2.24, 2.45) is 5.92 Å². The second-order valence-electron chi connectivity index (χ2n) is 8.26. The number of carbonyl (C=O) groups excluding carboxylic acids is 1. The van der Waals surface area contributed by atoms with Crippen LogP contribution in [0.3, 0.4) is 0 Å². The molecule has 0 atom stereocenters. The van der Waals surface area contributed by atoms with Crippen LogP contribution < -0.4 is 10.1 Å². The van der Waals surface area contributed by atoms with Gasteiger partial charge in [-0.2, -0.15) is 14.7 Å². The minimum absolute atomic E-state index is 0.275. The molecule has 4 aromatic rings. The van der Waals surface area contributed by atoms with Crippen LogP contribution in [0.1, 0.15) is 48.5 Å². The van der Waals surface area contributed by atoms with Gasteiger partial charge in [-0.3, -0.25) is 9.48 Å². The molecule has 0 unspecified atom stereocenters. The van der Waals surface area contributed by atoms with E-state index in [2.05, 4.69) is 48.9 Å². The molecular formula is C23H25IN6O2. The number of alkyl halides is 1. The topological polar surface area (TPSA) is 86.3 Å². The number of ether oxygens (including phenoxy) is 1. The number of fused-ring (bicyclic) bond motifs is 2. The SMILES string of the molecule is COc1cc2nn(C3CCC(CCI)CC3)cc2cc1C(=O)Nc1cnc2cccnn12. The van der Waals surface area contributed by atoms with E-state index in [4.69, 9.17) is 9.84 Å². The Morgan fingerprint density at radius 3 is 2.91 bits per heavy atom. The predicted octanol–water partition coefficient (Wildman–Crippen LogP) is 4.90. The molecule has 166 valence electrons. The van der Waals surface area contributed by atoms with Crippen molar-refractivity contribution in [1.82, 2.24) is 24.4 Å². The van der Waals surface area contributed by atoms with Crippen LogP contribution >= 0.6 is 22.6 Å². The molecule has 0 saturated heterocycles. The zero-order valence-corrected chi connectivity index (χ0v) is 20.0. The highest BCUT2D eigenvalue weighted by molar-refractivity contribution is 14.1. The molecule has 0 spiro atoms. The summed E-state index contributed by atoms with van der Waals surface area (Å²) in [5, 5.41) is 12.9. The number of nitrogens with one attached hydrogen (secondary N) is 1. The Balaban J connectivity index is 1.40. The van der Waals surface area contributed by atoms with E-state index in [1.807, 2.05) is 18.2 Å². The highest BCUT2D eigenvalue weighted by atomic mass is 127. The maximum atomic E-state index is 13.1. The second-order valence-corrected chi connectivity index (χ2v) is 9.34. The number of carbonyl (C=O) groups is 1. The lowest BCUT2D eigenvalue weighted by Gasteiger charge is -2.28. The van der Waals surface area contributed by atoms with Gasteiger partial charge in [-0.1, -0.05) is 22.6 Å². The van der Waals surface area contributed by atoms with Crippen LogP contribution in [0, 0.1) is 5.92 Å². The minimum Gasteiger partial charge on any atom is -0.496 e. The molecule has 8 nitrogen and oxygen atoms in total. The Morgan fingerprint density at radius 1 is 1.28 bits per heavy atom. The fraction of sp³-hybridized carbons (Fsp3) is 0.391. The molecule has 1 fully saturated rings. The highest BCUT2D eigenvalue weighted by Gasteiger charge is 2.24. The first-order chi connectivity index (χ1) is 15.7. The summed E-state index contributed by atoms with van der Waals surface area (Å²) < 4.78 is 10.4. The van der Waals surface area contributed by atoms with Crippen molar-refractivity contribution in [2.45, 2.75) is 38.1 Å². The van der Waals surface area contributed by atoms with E-state index in [9.17, 15) is 4.79 Å². The lowest BCUT2D eigenvalue weighted by molar-refractivity contribution is 0.102. The van der Waals surface area contributed by atoms with E-state index < -0.39 is 0 Å². The van der Waals surface area contributed by atoms with Gasteiger partial charge in [-0.05, 0) is 60.6 Å². The third kappa shape index (κ3) is 4.05. The summed E-state index contributed by atoms with van der Waals surface area (Å²) in [6.45, 7) is 0. The van der Waals surface area contributed by atoms with Crippen molar-refractivity contribution in [3.8, 4) is 5.75 Å². The van der Waals surface area contributed by atoms with Gasteiger partial charge in [-0.25, -0.2) is 4.98 Å². The Hall–Kier alpha value is -2.69. The van der Waals surface area contributed by atoms with Crippen LogP contribution in [0.25, 0.3) is 16.6 Å². The van der Waals surface area contributed by atoms with E-state index in [1.54, 1.807) is 30.1 Å². The van der Waals surface area contributed by atoms with Crippen LogP contribution in [0.2, 0.25) is 0 Å². The fourth-order valence-corrected chi connectivity index (χ4v) is 5.44. The quantitative estimate of drug-likeness (QED) is 0.276. The van der Waals surface area contributed by atoms with E-state index in [0.29, 0.717) is 28.8 Å². The number of rotatable bonds is 6. The normalized spacial score (nSPS) is 18.8. The molecule has 1 aliphatic carbocycles.